The van der Waals surface area contributed by atoms with Gasteiger partial charge < -0.3 is 20.1 Å². The van der Waals surface area contributed by atoms with Crippen molar-refractivity contribution in [3.8, 4) is 5.75 Å². The molecule has 154 valence electrons. The number of aromatic nitrogens is 2. The van der Waals surface area contributed by atoms with E-state index in [1.807, 2.05) is 36.4 Å². The van der Waals surface area contributed by atoms with E-state index >= 15 is 0 Å². The first kappa shape index (κ1) is 20.4. The molecule has 1 saturated heterocycles. The Morgan fingerprint density at radius 1 is 1.27 bits per heavy atom. The van der Waals surface area contributed by atoms with E-state index in [2.05, 4.69) is 41.2 Å². The molecule has 30 heavy (non-hydrogen) atoms. The normalized spacial score (nSPS) is 15.9. The molecule has 1 aliphatic heterocycles. The Labute approximate surface area is 183 Å². The summed E-state index contributed by atoms with van der Waals surface area (Å²) in [5.74, 6) is 2.48. The summed E-state index contributed by atoms with van der Waals surface area (Å²) in [7, 11) is 1.64. The molecule has 1 fully saturated rings. The van der Waals surface area contributed by atoms with Gasteiger partial charge in [0, 0.05) is 42.9 Å². The second-order valence-corrected chi connectivity index (χ2v) is 8.17. The topological polar surface area (TPSA) is 74.9 Å². The van der Waals surface area contributed by atoms with E-state index in [4.69, 9.17) is 11.3 Å². The Bertz CT molecular complexity index is 1110. The molecule has 0 bridgehead atoms. The largest absolute Gasteiger partial charge is 0.496 e. The van der Waals surface area contributed by atoms with Crippen molar-refractivity contribution in [1.82, 2.24) is 10.2 Å². The van der Waals surface area contributed by atoms with Crippen LogP contribution >= 0.6 is 15.9 Å². The third-order valence-corrected chi connectivity index (χ3v) is 6.01. The number of nitrogens with one attached hydrogen (secondary N) is 1. The average Bonchev–Trinajstić information content (AvgIpc) is 3.26. The highest BCUT2D eigenvalue weighted by molar-refractivity contribution is 9.10. The molecule has 0 saturated carbocycles. The van der Waals surface area contributed by atoms with Crippen LogP contribution < -0.4 is 15.0 Å². The Balaban J connectivity index is 1.65. The lowest BCUT2D eigenvalue weighted by molar-refractivity contribution is 0.238. The van der Waals surface area contributed by atoms with Crippen molar-refractivity contribution in [3.63, 3.8) is 0 Å². The lowest BCUT2D eigenvalue weighted by atomic mass is 10.1. The highest BCUT2D eigenvalue weighted by atomic mass is 79.9. The van der Waals surface area contributed by atoms with E-state index < -0.39 is 0 Å². The van der Waals surface area contributed by atoms with Crippen LogP contribution in [0.15, 0.2) is 40.9 Å². The zero-order chi connectivity index (χ0) is 21.1. The third-order valence-electron chi connectivity index (χ3n) is 5.39. The molecule has 0 spiro atoms. The first-order valence-corrected chi connectivity index (χ1v) is 10.5. The van der Waals surface area contributed by atoms with E-state index in [1.54, 1.807) is 7.11 Å². The first-order chi connectivity index (χ1) is 14.6. The average molecular weight is 468 g/mol. The summed E-state index contributed by atoms with van der Waals surface area (Å²) in [6, 6.07) is 11.5. The number of methoxy groups -OCH3 is 1. The summed E-state index contributed by atoms with van der Waals surface area (Å²) in [6.07, 6.45) is 0.937. The van der Waals surface area contributed by atoms with E-state index in [0.717, 1.165) is 51.9 Å². The van der Waals surface area contributed by atoms with Gasteiger partial charge in [-0.1, -0.05) is 18.2 Å². The van der Waals surface area contributed by atoms with E-state index in [0.29, 0.717) is 18.1 Å². The van der Waals surface area contributed by atoms with Gasteiger partial charge in [0.25, 0.3) is 0 Å². The number of halogens is 1. The number of aliphatic hydroxyl groups is 1. The zero-order valence-corrected chi connectivity index (χ0v) is 18.2. The minimum atomic E-state index is 0.181. The summed E-state index contributed by atoms with van der Waals surface area (Å²) in [5, 5.41) is 23.6. The summed E-state index contributed by atoms with van der Waals surface area (Å²) < 4.78 is 6.17. The lowest BCUT2D eigenvalue weighted by Crippen LogP contribution is -2.22. The molecular formula is C22H22BrN5O2. The highest BCUT2D eigenvalue weighted by Gasteiger charge is 2.25. The molecule has 7 nitrogen and oxygen atoms in total. The minimum Gasteiger partial charge on any atom is -0.496 e. The summed E-state index contributed by atoms with van der Waals surface area (Å²) >= 11 is 3.51. The van der Waals surface area contributed by atoms with Crippen LogP contribution in [0.2, 0.25) is 0 Å². The van der Waals surface area contributed by atoms with Crippen molar-refractivity contribution in [3.05, 3.63) is 57.9 Å². The third kappa shape index (κ3) is 4.04. The fourth-order valence-corrected chi connectivity index (χ4v) is 4.33. The Kier molecular flexibility index (Phi) is 6.02. The lowest BCUT2D eigenvalue weighted by Gasteiger charge is -2.20. The molecule has 3 aromatic rings. The Morgan fingerprint density at radius 2 is 2.13 bits per heavy atom. The maximum absolute atomic E-state index is 9.47. The summed E-state index contributed by atoms with van der Waals surface area (Å²) in [5.41, 5.74) is 1.62. The van der Waals surface area contributed by atoms with Crippen LogP contribution in [0.25, 0.3) is 15.6 Å². The number of hydrogen-bond donors (Lipinski definition) is 2. The fourth-order valence-electron chi connectivity index (χ4n) is 3.74. The van der Waals surface area contributed by atoms with Gasteiger partial charge >= 0.3 is 0 Å². The van der Waals surface area contributed by atoms with Crippen LogP contribution in [0.1, 0.15) is 12.0 Å². The molecule has 2 N–H and O–H groups in total. The number of fused-ring (bicyclic) bond motifs is 1. The second kappa shape index (κ2) is 8.86. The number of hydrogen-bond acceptors (Lipinski definition) is 6. The number of aliphatic hydroxyl groups excluding tert-OH is 1. The Morgan fingerprint density at radius 3 is 2.83 bits per heavy atom. The minimum absolute atomic E-state index is 0.181. The van der Waals surface area contributed by atoms with E-state index in [9.17, 15) is 5.11 Å². The van der Waals surface area contributed by atoms with Crippen molar-refractivity contribution in [2.24, 2.45) is 5.92 Å². The van der Waals surface area contributed by atoms with Gasteiger partial charge in [-0.3, -0.25) is 0 Å². The van der Waals surface area contributed by atoms with Crippen LogP contribution in [0.5, 0.6) is 5.75 Å². The van der Waals surface area contributed by atoms with Crippen molar-refractivity contribution < 1.29 is 9.84 Å². The highest BCUT2D eigenvalue weighted by Crippen LogP contribution is 2.34. The van der Waals surface area contributed by atoms with Gasteiger partial charge in [0.15, 0.2) is 17.3 Å². The van der Waals surface area contributed by atoms with E-state index in [-0.39, 0.29) is 12.5 Å². The van der Waals surface area contributed by atoms with Gasteiger partial charge in [0.1, 0.15) is 5.75 Å². The van der Waals surface area contributed by atoms with Gasteiger partial charge in [0.2, 0.25) is 0 Å². The second-order valence-electron chi connectivity index (χ2n) is 7.32. The van der Waals surface area contributed by atoms with E-state index in [1.165, 1.54) is 0 Å². The molecule has 4 rings (SSSR count). The Hall–Kier alpha value is -2.89. The van der Waals surface area contributed by atoms with Crippen LogP contribution in [0.4, 0.5) is 17.3 Å². The SMILES string of the molecule is [C-]#[N+]c1ccc2c(N3CCC(CO)C3)nnc(NCc3ccc(OC)c(Br)c3)c2c1. The zero-order valence-electron chi connectivity index (χ0n) is 16.6. The van der Waals surface area contributed by atoms with Crippen LogP contribution in [0, 0.1) is 12.5 Å². The van der Waals surface area contributed by atoms with Gasteiger partial charge in [-0.15, -0.1) is 10.2 Å². The smallest absolute Gasteiger partial charge is 0.188 e. The maximum atomic E-state index is 9.47. The van der Waals surface area contributed by atoms with Crippen molar-refractivity contribution >= 4 is 44.0 Å². The number of nitrogens with zero attached hydrogens (tertiary/aromatic N) is 4. The molecule has 0 radical (unpaired) electrons. The van der Waals surface area contributed by atoms with Gasteiger partial charge in [-0.2, -0.15) is 0 Å². The van der Waals surface area contributed by atoms with Crippen molar-refractivity contribution in [2.45, 2.75) is 13.0 Å². The predicted octanol–water partition coefficient (Wildman–Crippen LogP) is 4.38. The molecule has 0 amide bonds. The first-order valence-electron chi connectivity index (χ1n) is 9.73. The molecule has 2 aromatic carbocycles. The molecule has 1 unspecified atom stereocenters. The fraction of sp³-hybridized carbons (Fsp3) is 0.318. The molecule has 2 heterocycles. The number of benzene rings is 2. The number of ether oxygens (including phenoxy) is 1. The molecule has 0 aliphatic carbocycles. The monoisotopic (exact) mass is 467 g/mol. The molecule has 8 heteroatoms. The molecule has 1 atom stereocenters. The number of anilines is 2. The molecule has 1 aliphatic rings. The summed E-state index contributed by atoms with van der Waals surface area (Å²) in [4.78, 5) is 5.74. The molecule has 1 aromatic heterocycles. The quantitative estimate of drug-likeness (QED) is 0.523. The van der Waals surface area contributed by atoms with Crippen LogP contribution in [-0.2, 0) is 6.54 Å². The summed E-state index contributed by atoms with van der Waals surface area (Å²) in [6.45, 7) is 9.72. The molecular weight excluding hydrogens is 446 g/mol. The van der Waals surface area contributed by atoms with Gasteiger partial charge in [0.05, 0.1) is 18.2 Å². The van der Waals surface area contributed by atoms with Crippen molar-refractivity contribution in [2.75, 3.05) is 37.0 Å². The number of rotatable bonds is 6. The van der Waals surface area contributed by atoms with Gasteiger partial charge in [-0.25, -0.2) is 4.85 Å². The van der Waals surface area contributed by atoms with Crippen LogP contribution in [0.3, 0.4) is 0 Å². The predicted molar refractivity (Wildman–Crippen MR) is 121 cm³/mol. The van der Waals surface area contributed by atoms with Crippen molar-refractivity contribution in [1.29, 1.82) is 0 Å². The standard InChI is InChI=1S/C22H22BrN5O2/c1-24-16-4-5-17-18(10-16)21(25-11-14-3-6-20(30-2)19(23)9-14)26-27-22(17)28-8-7-15(12-28)13-29/h3-6,9-10,15,29H,7-8,11-13H2,2H3,(H,25,26). The van der Waals surface area contributed by atoms with Crippen LogP contribution in [-0.4, -0.2) is 42.1 Å². The maximum Gasteiger partial charge on any atom is 0.188 e. The van der Waals surface area contributed by atoms with Gasteiger partial charge in [-0.05, 0) is 46.1 Å².